The summed E-state index contributed by atoms with van der Waals surface area (Å²) in [5, 5.41) is 13.0. The summed E-state index contributed by atoms with van der Waals surface area (Å²) in [5.74, 6) is -0.615. The molecule has 0 bridgehead atoms. The number of carbonyl (C=O) groups is 3. The predicted octanol–water partition coefficient (Wildman–Crippen LogP) is 1.13. The molecule has 1 aliphatic rings. The lowest BCUT2D eigenvalue weighted by molar-refractivity contribution is -0.119. The summed E-state index contributed by atoms with van der Waals surface area (Å²) in [4.78, 5) is 35.0. The van der Waals surface area contributed by atoms with Gasteiger partial charge in [-0.15, -0.1) is 0 Å². The Morgan fingerprint density at radius 3 is 2.63 bits per heavy atom. The zero-order chi connectivity index (χ0) is 20.4. The average molecular weight is 423 g/mol. The summed E-state index contributed by atoms with van der Waals surface area (Å²) in [6, 6.07) is 2.99. The Kier molecular flexibility index (Phi) is 12.4. The minimum atomic E-state index is -0.640. The van der Waals surface area contributed by atoms with Crippen molar-refractivity contribution in [1.82, 2.24) is 5.32 Å². The summed E-state index contributed by atoms with van der Waals surface area (Å²) in [5.41, 5.74) is 0.543. The lowest BCUT2D eigenvalue weighted by atomic mass is 10.0. The Balaban J connectivity index is 0.00000420. The highest BCUT2D eigenvalue weighted by atomic mass is 16.5. The molecule has 0 atom stereocenters. The van der Waals surface area contributed by atoms with Crippen molar-refractivity contribution in [2.45, 2.75) is 32.6 Å². The first kappa shape index (κ1) is 26.8. The van der Waals surface area contributed by atoms with Crippen LogP contribution in [0, 0.1) is 0 Å². The number of fused-ring (bicyclic) bond motifs is 1. The van der Waals surface area contributed by atoms with Crippen LogP contribution in [-0.4, -0.2) is 53.5 Å². The average Bonchev–Trinajstić information content (AvgIpc) is 2.63. The van der Waals surface area contributed by atoms with Crippen molar-refractivity contribution in [2.75, 3.05) is 19.8 Å². The van der Waals surface area contributed by atoms with E-state index in [-0.39, 0.29) is 47.2 Å². The molecule has 30 heavy (non-hydrogen) atoms. The molecule has 9 nitrogen and oxygen atoms in total. The molecule has 9 heteroatoms. The van der Waals surface area contributed by atoms with Gasteiger partial charge in [0.25, 0.3) is 0 Å². The van der Waals surface area contributed by atoms with Crippen LogP contribution >= 0.6 is 0 Å². The number of rotatable bonds is 4. The van der Waals surface area contributed by atoms with Crippen LogP contribution in [0.2, 0.25) is 0 Å². The number of esters is 1. The summed E-state index contributed by atoms with van der Waals surface area (Å²) in [6.07, 6.45) is 8.97. The summed E-state index contributed by atoms with van der Waals surface area (Å²) in [6.45, 7) is 2.07. The van der Waals surface area contributed by atoms with Gasteiger partial charge >= 0.3 is 5.97 Å². The molecule has 0 radical (unpaired) electrons. The molecule has 0 saturated carbocycles. The number of nitrogens with one attached hydrogen (secondary N) is 1. The van der Waals surface area contributed by atoms with E-state index in [9.17, 15) is 19.5 Å². The molecule has 1 heterocycles. The summed E-state index contributed by atoms with van der Waals surface area (Å²) in [7, 11) is 0. The number of hydrogen-bond donors (Lipinski definition) is 2. The number of amides is 1. The molecule has 0 unspecified atom stereocenters. The zero-order valence-corrected chi connectivity index (χ0v) is 16.9. The third kappa shape index (κ3) is 8.89. The molecule has 6 N–H and O–H groups in total. The number of phenolic OH excluding ortho intramolecular Hbond substituents is 1. The number of benzene rings is 1. The van der Waals surface area contributed by atoms with Crippen molar-refractivity contribution >= 4 is 23.7 Å². The van der Waals surface area contributed by atoms with Gasteiger partial charge in [0.15, 0.2) is 5.78 Å². The second-order valence-corrected chi connectivity index (χ2v) is 6.33. The Morgan fingerprint density at radius 2 is 1.90 bits per heavy atom. The van der Waals surface area contributed by atoms with E-state index in [1.165, 1.54) is 19.1 Å². The molecular formula is C21H29NO8. The number of aromatic hydroxyl groups is 1. The maximum absolute atomic E-state index is 12.4. The molecule has 0 aliphatic carbocycles. The number of ketones is 1. The Morgan fingerprint density at radius 1 is 1.17 bits per heavy atom. The van der Waals surface area contributed by atoms with Crippen LogP contribution in [0.4, 0.5) is 0 Å². The molecule has 0 fully saturated rings. The van der Waals surface area contributed by atoms with E-state index in [1.54, 1.807) is 18.2 Å². The van der Waals surface area contributed by atoms with E-state index in [4.69, 9.17) is 9.47 Å². The highest BCUT2D eigenvalue weighted by Crippen LogP contribution is 2.30. The van der Waals surface area contributed by atoms with Crippen LogP contribution in [0.5, 0.6) is 11.5 Å². The van der Waals surface area contributed by atoms with E-state index in [0.29, 0.717) is 43.5 Å². The largest absolute Gasteiger partial charge is 0.507 e. The molecule has 1 aliphatic heterocycles. The van der Waals surface area contributed by atoms with Gasteiger partial charge in [0.05, 0.1) is 13.2 Å². The van der Waals surface area contributed by atoms with Crippen molar-refractivity contribution < 1.29 is 39.9 Å². The van der Waals surface area contributed by atoms with Crippen LogP contribution in [0.15, 0.2) is 30.4 Å². The zero-order valence-electron chi connectivity index (χ0n) is 16.9. The Bertz CT molecular complexity index is 785. The fourth-order valence-electron chi connectivity index (χ4n) is 2.65. The van der Waals surface area contributed by atoms with E-state index >= 15 is 0 Å². The Labute approximate surface area is 175 Å². The standard InChI is InChI=1S/C21H25NO6.2H2O/c1-15(23)22-10-12-27-18-13-16-7-3-2-4-8-17(24)9-5-6-11-28-21(26)20(16)19(25)14-18;;/h3,5,7,9,13-14,25H,2,4,6,8,10-12H2,1H3,(H,22,23);2*1H2/b7-3+,9-5-;;. The minimum absolute atomic E-state index is 0. The number of hydrogen-bond acceptors (Lipinski definition) is 6. The highest BCUT2D eigenvalue weighted by Gasteiger charge is 2.18. The molecule has 1 amide bonds. The first-order valence-corrected chi connectivity index (χ1v) is 9.24. The van der Waals surface area contributed by atoms with Crippen LogP contribution in [0.1, 0.15) is 48.5 Å². The number of phenols is 1. The number of allylic oxidation sites excluding steroid dienone is 2. The second-order valence-electron chi connectivity index (χ2n) is 6.33. The molecule has 1 aromatic carbocycles. The van der Waals surface area contributed by atoms with Crippen molar-refractivity contribution in [3.63, 3.8) is 0 Å². The quantitative estimate of drug-likeness (QED) is 0.544. The number of cyclic esters (lactones) is 1. The van der Waals surface area contributed by atoms with E-state index in [2.05, 4.69) is 5.32 Å². The van der Waals surface area contributed by atoms with Gasteiger partial charge in [-0.25, -0.2) is 4.79 Å². The van der Waals surface area contributed by atoms with Gasteiger partial charge in [0, 0.05) is 19.4 Å². The van der Waals surface area contributed by atoms with Crippen LogP contribution in [0.3, 0.4) is 0 Å². The van der Waals surface area contributed by atoms with E-state index in [0.717, 1.165) is 0 Å². The normalized spacial score (nSPS) is 16.4. The molecule has 0 spiro atoms. The van der Waals surface area contributed by atoms with Gasteiger partial charge in [-0.2, -0.15) is 0 Å². The van der Waals surface area contributed by atoms with Crippen molar-refractivity contribution in [3.05, 3.63) is 41.5 Å². The van der Waals surface area contributed by atoms with Crippen LogP contribution < -0.4 is 10.1 Å². The van der Waals surface area contributed by atoms with E-state index in [1.807, 2.05) is 6.08 Å². The van der Waals surface area contributed by atoms with E-state index < -0.39 is 5.97 Å². The molecule has 166 valence electrons. The third-order valence-electron chi connectivity index (χ3n) is 3.98. The number of ether oxygens (including phenoxy) is 2. The van der Waals surface area contributed by atoms with Gasteiger partial charge in [0.2, 0.25) is 5.91 Å². The predicted molar refractivity (Wildman–Crippen MR) is 111 cm³/mol. The molecule has 2 rings (SSSR count). The fraction of sp³-hybridized carbons (Fsp3) is 0.381. The first-order chi connectivity index (χ1) is 13.5. The monoisotopic (exact) mass is 423 g/mol. The highest BCUT2D eigenvalue weighted by molar-refractivity contribution is 5.97. The smallest absolute Gasteiger partial charge is 0.342 e. The van der Waals surface area contributed by atoms with Gasteiger partial charge in [0.1, 0.15) is 23.7 Å². The number of carbonyl (C=O) groups excluding carboxylic acids is 3. The van der Waals surface area contributed by atoms with Crippen molar-refractivity contribution in [1.29, 1.82) is 0 Å². The summed E-state index contributed by atoms with van der Waals surface area (Å²) < 4.78 is 10.8. The van der Waals surface area contributed by atoms with Crippen molar-refractivity contribution in [3.8, 4) is 11.5 Å². The van der Waals surface area contributed by atoms with Crippen LogP contribution in [0.25, 0.3) is 6.08 Å². The minimum Gasteiger partial charge on any atom is -0.507 e. The van der Waals surface area contributed by atoms with Gasteiger partial charge in [-0.05, 0) is 37.0 Å². The molecule has 0 aromatic heterocycles. The topological polar surface area (TPSA) is 165 Å². The lowest BCUT2D eigenvalue weighted by Gasteiger charge is -2.13. The first-order valence-electron chi connectivity index (χ1n) is 9.24. The fourth-order valence-corrected chi connectivity index (χ4v) is 2.65. The van der Waals surface area contributed by atoms with Gasteiger partial charge in [-0.3, -0.25) is 9.59 Å². The maximum atomic E-state index is 12.4. The maximum Gasteiger partial charge on any atom is 0.342 e. The second kappa shape index (κ2) is 13.9. The van der Waals surface area contributed by atoms with Crippen LogP contribution in [-0.2, 0) is 14.3 Å². The molecule has 0 saturated heterocycles. The SMILES string of the molecule is CC(=O)NCCOc1cc(O)c2c(c1)/C=C/CCCC(=O)/C=C\CCOC2=O.O.O. The molecular weight excluding hydrogens is 394 g/mol. The summed E-state index contributed by atoms with van der Waals surface area (Å²) >= 11 is 0. The molecule has 1 aromatic rings. The third-order valence-corrected chi connectivity index (χ3v) is 3.98. The Hall–Kier alpha value is -3.17. The van der Waals surface area contributed by atoms with Crippen molar-refractivity contribution in [2.24, 2.45) is 0 Å². The van der Waals surface area contributed by atoms with Gasteiger partial charge in [-0.1, -0.05) is 18.2 Å². The van der Waals surface area contributed by atoms with Gasteiger partial charge < -0.3 is 30.8 Å². The lowest BCUT2D eigenvalue weighted by Crippen LogP contribution is -2.25.